The lowest BCUT2D eigenvalue weighted by atomic mass is 9.98. The highest BCUT2D eigenvalue weighted by atomic mass is 16.1. The molecule has 0 N–H and O–H groups in total. The third-order valence-corrected chi connectivity index (χ3v) is 3.05. The number of aliphatic imine (C=N–C) groups is 1. The first-order valence-electron chi connectivity index (χ1n) is 6.85. The van der Waals surface area contributed by atoms with Crippen molar-refractivity contribution in [3.05, 3.63) is 46.7 Å². The number of carbonyl (C=O) groups is 1. The van der Waals surface area contributed by atoms with Gasteiger partial charge in [0.1, 0.15) is 0 Å². The molecule has 1 rings (SSSR count). The molecule has 102 valence electrons. The summed E-state index contributed by atoms with van der Waals surface area (Å²) in [7, 11) is 0. The highest BCUT2D eigenvalue weighted by molar-refractivity contribution is 5.94. The van der Waals surface area contributed by atoms with E-state index in [-0.39, 0.29) is 5.78 Å². The Bertz CT molecular complexity index is 480. The molecule has 0 unspecified atom stereocenters. The van der Waals surface area contributed by atoms with Crippen molar-refractivity contribution in [2.75, 3.05) is 0 Å². The fraction of sp³-hybridized carbons (Fsp3) is 0.412. The average Bonchev–Trinajstić information content (AvgIpc) is 2.37. The number of allylic oxidation sites excluding steroid dienone is 2. The summed E-state index contributed by atoms with van der Waals surface area (Å²) in [6, 6.07) is 8.32. The van der Waals surface area contributed by atoms with E-state index in [1.165, 1.54) is 5.56 Å². The monoisotopic (exact) mass is 257 g/mol. The van der Waals surface area contributed by atoms with Crippen LogP contribution in [0.15, 0.2) is 40.5 Å². The predicted molar refractivity (Wildman–Crippen MR) is 81.7 cm³/mol. The third-order valence-electron chi connectivity index (χ3n) is 3.05. The Morgan fingerprint density at radius 3 is 2.37 bits per heavy atom. The van der Waals surface area contributed by atoms with Gasteiger partial charge >= 0.3 is 0 Å². The number of benzene rings is 1. The van der Waals surface area contributed by atoms with E-state index in [9.17, 15) is 4.79 Å². The minimum atomic E-state index is 0.120. The highest BCUT2D eigenvalue weighted by Crippen LogP contribution is 2.19. The number of carbonyl (C=O) groups excluding carboxylic acids is 1. The first-order chi connectivity index (χ1) is 9.08. The SMILES string of the molecule is CC=N/C(CCC)=C(/Cc1ccc(C)cc1)C(C)=O. The van der Waals surface area contributed by atoms with Crippen LogP contribution in [0.2, 0.25) is 0 Å². The van der Waals surface area contributed by atoms with Gasteiger partial charge in [0.05, 0.1) is 0 Å². The van der Waals surface area contributed by atoms with E-state index in [0.29, 0.717) is 6.42 Å². The standard InChI is InChI=1S/C17H23NO/c1-5-7-17(18-6-2)16(14(4)19)12-15-10-8-13(3)9-11-15/h6,8-11H,5,7,12H2,1-4H3/b17-16-,18-6?. The molecule has 2 heteroatoms. The molecule has 2 nitrogen and oxygen atoms in total. The summed E-state index contributed by atoms with van der Waals surface area (Å²) in [6.07, 6.45) is 4.29. The molecule has 1 aromatic rings. The Kier molecular flexibility index (Phi) is 6.20. The van der Waals surface area contributed by atoms with E-state index >= 15 is 0 Å². The number of hydrogen-bond donors (Lipinski definition) is 0. The van der Waals surface area contributed by atoms with Crippen LogP contribution >= 0.6 is 0 Å². The molecule has 0 atom stereocenters. The molecule has 0 fully saturated rings. The highest BCUT2D eigenvalue weighted by Gasteiger charge is 2.11. The number of aryl methyl sites for hydroxylation is 1. The van der Waals surface area contributed by atoms with Crippen molar-refractivity contribution in [2.24, 2.45) is 4.99 Å². The van der Waals surface area contributed by atoms with Gasteiger partial charge in [0, 0.05) is 23.9 Å². The lowest BCUT2D eigenvalue weighted by Gasteiger charge is -2.09. The van der Waals surface area contributed by atoms with E-state index in [2.05, 4.69) is 43.1 Å². The van der Waals surface area contributed by atoms with Crippen molar-refractivity contribution in [3.8, 4) is 0 Å². The Hall–Kier alpha value is -1.70. The molecule has 0 radical (unpaired) electrons. The summed E-state index contributed by atoms with van der Waals surface area (Å²) in [5.41, 5.74) is 4.16. The Balaban J connectivity index is 3.08. The first kappa shape index (κ1) is 15.4. The molecule has 0 saturated heterocycles. The molecular formula is C17H23NO. The molecule has 0 saturated carbocycles. The Morgan fingerprint density at radius 2 is 1.89 bits per heavy atom. The molecule has 0 aliphatic heterocycles. The molecule has 0 amide bonds. The van der Waals surface area contributed by atoms with Gasteiger partial charge in [0.25, 0.3) is 0 Å². The quantitative estimate of drug-likeness (QED) is 0.552. The van der Waals surface area contributed by atoms with Crippen molar-refractivity contribution in [1.29, 1.82) is 0 Å². The zero-order valence-electron chi connectivity index (χ0n) is 12.4. The van der Waals surface area contributed by atoms with Gasteiger partial charge in [-0.1, -0.05) is 43.2 Å². The second-order valence-corrected chi connectivity index (χ2v) is 4.78. The summed E-state index contributed by atoms with van der Waals surface area (Å²) in [4.78, 5) is 16.3. The van der Waals surface area contributed by atoms with E-state index in [0.717, 1.165) is 29.7 Å². The number of Topliss-reactive ketones (excluding diaryl/α,β-unsaturated/α-hetero) is 1. The van der Waals surface area contributed by atoms with Crippen LogP contribution in [0.25, 0.3) is 0 Å². The zero-order valence-corrected chi connectivity index (χ0v) is 12.4. The largest absolute Gasteiger partial charge is 0.295 e. The summed E-state index contributed by atoms with van der Waals surface area (Å²) in [5.74, 6) is 0.120. The van der Waals surface area contributed by atoms with Gasteiger partial charge in [0.15, 0.2) is 5.78 Å². The number of nitrogens with zero attached hydrogens (tertiary/aromatic N) is 1. The lowest BCUT2D eigenvalue weighted by Crippen LogP contribution is -2.05. The van der Waals surface area contributed by atoms with Gasteiger partial charge in [-0.3, -0.25) is 9.79 Å². The minimum Gasteiger partial charge on any atom is -0.295 e. The van der Waals surface area contributed by atoms with E-state index in [4.69, 9.17) is 0 Å². The first-order valence-corrected chi connectivity index (χ1v) is 6.85. The van der Waals surface area contributed by atoms with Crippen molar-refractivity contribution < 1.29 is 4.79 Å². The van der Waals surface area contributed by atoms with Gasteiger partial charge in [-0.2, -0.15) is 0 Å². The maximum atomic E-state index is 11.9. The predicted octanol–water partition coefficient (Wildman–Crippen LogP) is 4.27. The molecule has 0 aromatic heterocycles. The molecule has 1 aromatic carbocycles. The second kappa shape index (κ2) is 7.67. The third kappa shape index (κ3) is 4.82. The summed E-state index contributed by atoms with van der Waals surface area (Å²) < 4.78 is 0. The zero-order chi connectivity index (χ0) is 14.3. The van der Waals surface area contributed by atoms with Crippen LogP contribution in [-0.4, -0.2) is 12.0 Å². The van der Waals surface area contributed by atoms with Crippen molar-refractivity contribution in [1.82, 2.24) is 0 Å². The summed E-state index contributed by atoms with van der Waals surface area (Å²) >= 11 is 0. The van der Waals surface area contributed by atoms with E-state index < -0.39 is 0 Å². The second-order valence-electron chi connectivity index (χ2n) is 4.78. The smallest absolute Gasteiger partial charge is 0.157 e. The summed E-state index contributed by atoms with van der Waals surface area (Å²) in [6.45, 7) is 7.69. The van der Waals surface area contributed by atoms with Crippen LogP contribution in [0.4, 0.5) is 0 Å². The fourth-order valence-corrected chi connectivity index (χ4v) is 2.03. The normalized spacial score (nSPS) is 12.6. The van der Waals surface area contributed by atoms with E-state index in [1.54, 1.807) is 13.1 Å². The van der Waals surface area contributed by atoms with Crippen LogP contribution in [0, 0.1) is 6.92 Å². The Labute approximate surface area is 116 Å². The van der Waals surface area contributed by atoms with Gasteiger partial charge in [-0.25, -0.2) is 0 Å². The molecule has 0 aliphatic carbocycles. The van der Waals surface area contributed by atoms with Crippen LogP contribution < -0.4 is 0 Å². The van der Waals surface area contributed by atoms with Gasteiger partial charge in [-0.15, -0.1) is 0 Å². The molecule has 0 heterocycles. The van der Waals surface area contributed by atoms with Crippen LogP contribution in [0.5, 0.6) is 0 Å². The molecule has 0 aliphatic rings. The topological polar surface area (TPSA) is 29.4 Å². The molecular weight excluding hydrogens is 234 g/mol. The van der Waals surface area contributed by atoms with Gasteiger partial charge < -0.3 is 0 Å². The maximum absolute atomic E-state index is 11.9. The number of ketones is 1. The van der Waals surface area contributed by atoms with Crippen molar-refractivity contribution >= 4 is 12.0 Å². The van der Waals surface area contributed by atoms with Crippen molar-refractivity contribution in [2.45, 2.75) is 47.0 Å². The average molecular weight is 257 g/mol. The van der Waals surface area contributed by atoms with Gasteiger partial charge in [0.2, 0.25) is 0 Å². The van der Waals surface area contributed by atoms with Crippen LogP contribution in [-0.2, 0) is 11.2 Å². The number of hydrogen-bond acceptors (Lipinski definition) is 2. The fourth-order valence-electron chi connectivity index (χ4n) is 2.03. The van der Waals surface area contributed by atoms with Crippen molar-refractivity contribution in [3.63, 3.8) is 0 Å². The van der Waals surface area contributed by atoms with Crippen LogP contribution in [0.1, 0.15) is 44.7 Å². The summed E-state index contributed by atoms with van der Waals surface area (Å²) in [5, 5.41) is 0. The molecule has 0 bridgehead atoms. The maximum Gasteiger partial charge on any atom is 0.157 e. The molecule has 0 spiro atoms. The van der Waals surface area contributed by atoms with E-state index in [1.807, 2.05) is 6.92 Å². The van der Waals surface area contributed by atoms with Gasteiger partial charge in [-0.05, 0) is 32.8 Å². The number of rotatable bonds is 6. The van der Waals surface area contributed by atoms with Crippen LogP contribution in [0.3, 0.4) is 0 Å². The molecule has 19 heavy (non-hydrogen) atoms. The Morgan fingerprint density at radius 1 is 1.26 bits per heavy atom. The minimum absolute atomic E-state index is 0.120. The lowest BCUT2D eigenvalue weighted by molar-refractivity contribution is -0.113.